The molecule has 0 unspecified atom stereocenters. The average Bonchev–Trinajstić information content (AvgIpc) is 2.33. The first kappa shape index (κ1) is 13.9. The fourth-order valence-electron chi connectivity index (χ4n) is 1.12. The maximum Gasteiger partial charge on any atom is 0.187 e. The third-order valence-corrected chi connectivity index (χ3v) is 2.70. The SMILES string of the molecule is C=CCNC(=S)N/N=C(/C)c1cccc(Br)c1. The Morgan fingerprint density at radius 3 is 3.00 bits per heavy atom. The Morgan fingerprint density at radius 1 is 1.59 bits per heavy atom. The van der Waals surface area contributed by atoms with Gasteiger partial charge < -0.3 is 5.32 Å². The van der Waals surface area contributed by atoms with Crippen molar-refractivity contribution in [2.75, 3.05) is 6.54 Å². The van der Waals surface area contributed by atoms with E-state index in [0.717, 1.165) is 15.7 Å². The molecule has 0 amide bonds. The fourth-order valence-corrected chi connectivity index (χ4v) is 1.65. The average molecular weight is 312 g/mol. The Kier molecular flexibility index (Phi) is 5.86. The first-order chi connectivity index (χ1) is 8.13. The Bertz CT molecular complexity index is 443. The Hall–Kier alpha value is -1.20. The van der Waals surface area contributed by atoms with Crippen LogP contribution in [0.2, 0.25) is 0 Å². The van der Waals surface area contributed by atoms with E-state index in [9.17, 15) is 0 Å². The van der Waals surface area contributed by atoms with Gasteiger partial charge in [0.1, 0.15) is 0 Å². The van der Waals surface area contributed by atoms with Crippen LogP contribution in [0.4, 0.5) is 0 Å². The van der Waals surface area contributed by atoms with Crippen LogP contribution in [0, 0.1) is 0 Å². The molecule has 0 aliphatic heterocycles. The molecular formula is C12H14BrN3S. The Balaban J connectivity index is 2.60. The molecule has 0 spiro atoms. The number of thiocarbonyl (C=S) groups is 1. The van der Waals surface area contributed by atoms with Crippen molar-refractivity contribution in [1.29, 1.82) is 0 Å². The van der Waals surface area contributed by atoms with Gasteiger partial charge in [0, 0.05) is 11.0 Å². The van der Waals surface area contributed by atoms with Crippen molar-refractivity contribution in [2.24, 2.45) is 5.10 Å². The summed E-state index contributed by atoms with van der Waals surface area (Å²) in [6, 6.07) is 7.93. The van der Waals surface area contributed by atoms with Crippen LogP contribution in [-0.2, 0) is 0 Å². The van der Waals surface area contributed by atoms with Crippen molar-refractivity contribution in [2.45, 2.75) is 6.92 Å². The van der Waals surface area contributed by atoms with Crippen molar-refractivity contribution < 1.29 is 0 Å². The molecule has 3 nitrogen and oxygen atoms in total. The standard InChI is InChI=1S/C12H14BrN3S/c1-3-7-14-12(17)16-15-9(2)10-5-4-6-11(13)8-10/h3-6,8H,1,7H2,2H3,(H2,14,16,17)/b15-9-. The fraction of sp³-hybridized carbons (Fsp3) is 0.167. The van der Waals surface area contributed by atoms with Crippen molar-refractivity contribution in [3.63, 3.8) is 0 Å². The summed E-state index contributed by atoms with van der Waals surface area (Å²) in [6.07, 6.45) is 1.73. The van der Waals surface area contributed by atoms with Crippen molar-refractivity contribution in [3.05, 3.63) is 47.0 Å². The summed E-state index contributed by atoms with van der Waals surface area (Å²) in [4.78, 5) is 0. The van der Waals surface area contributed by atoms with E-state index in [1.165, 1.54) is 0 Å². The predicted molar refractivity (Wildman–Crippen MR) is 80.3 cm³/mol. The number of hydrazone groups is 1. The van der Waals surface area contributed by atoms with Crippen LogP contribution in [0.3, 0.4) is 0 Å². The van der Waals surface area contributed by atoms with Crippen LogP contribution in [0.1, 0.15) is 12.5 Å². The van der Waals surface area contributed by atoms with E-state index in [4.69, 9.17) is 12.2 Å². The van der Waals surface area contributed by atoms with Gasteiger partial charge in [-0.1, -0.05) is 34.1 Å². The highest BCUT2D eigenvalue weighted by atomic mass is 79.9. The number of nitrogens with zero attached hydrogens (tertiary/aromatic N) is 1. The van der Waals surface area contributed by atoms with Crippen LogP contribution >= 0.6 is 28.1 Å². The van der Waals surface area contributed by atoms with Gasteiger partial charge in [0.25, 0.3) is 0 Å². The molecule has 90 valence electrons. The molecule has 1 aromatic rings. The summed E-state index contributed by atoms with van der Waals surface area (Å²) >= 11 is 8.45. The number of rotatable bonds is 4. The van der Waals surface area contributed by atoms with E-state index in [1.807, 2.05) is 31.2 Å². The summed E-state index contributed by atoms with van der Waals surface area (Å²) in [5.74, 6) is 0. The molecular weight excluding hydrogens is 298 g/mol. The van der Waals surface area contributed by atoms with E-state index in [0.29, 0.717) is 11.7 Å². The molecule has 0 aliphatic rings. The number of hydrogen-bond donors (Lipinski definition) is 2. The van der Waals surface area contributed by atoms with Crippen LogP contribution in [0.25, 0.3) is 0 Å². The van der Waals surface area contributed by atoms with E-state index < -0.39 is 0 Å². The van der Waals surface area contributed by atoms with Gasteiger partial charge in [-0.2, -0.15) is 5.10 Å². The second-order valence-electron chi connectivity index (χ2n) is 3.32. The Labute approximate surface area is 115 Å². The molecule has 0 radical (unpaired) electrons. The molecule has 0 saturated heterocycles. The minimum Gasteiger partial charge on any atom is -0.358 e. The van der Waals surface area contributed by atoms with Gasteiger partial charge in [0.2, 0.25) is 0 Å². The second kappa shape index (κ2) is 7.19. The van der Waals surface area contributed by atoms with Crippen molar-refractivity contribution in [3.8, 4) is 0 Å². The molecule has 0 heterocycles. The van der Waals surface area contributed by atoms with E-state index >= 15 is 0 Å². The zero-order valence-electron chi connectivity index (χ0n) is 9.53. The number of hydrogen-bond acceptors (Lipinski definition) is 2. The van der Waals surface area contributed by atoms with Gasteiger partial charge in [-0.15, -0.1) is 6.58 Å². The van der Waals surface area contributed by atoms with Gasteiger partial charge >= 0.3 is 0 Å². The molecule has 0 bridgehead atoms. The molecule has 0 atom stereocenters. The molecule has 1 rings (SSSR count). The molecule has 17 heavy (non-hydrogen) atoms. The van der Waals surface area contributed by atoms with Crippen LogP contribution in [0.15, 0.2) is 46.5 Å². The number of halogens is 1. The topological polar surface area (TPSA) is 36.4 Å². The van der Waals surface area contributed by atoms with Crippen molar-refractivity contribution in [1.82, 2.24) is 10.7 Å². The van der Waals surface area contributed by atoms with Gasteiger partial charge in [-0.05, 0) is 36.8 Å². The first-order valence-electron chi connectivity index (χ1n) is 5.08. The molecule has 1 aromatic carbocycles. The van der Waals surface area contributed by atoms with Crippen LogP contribution < -0.4 is 10.7 Å². The van der Waals surface area contributed by atoms with Crippen molar-refractivity contribution >= 4 is 39.0 Å². The molecule has 0 aliphatic carbocycles. The van der Waals surface area contributed by atoms with E-state index in [2.05, 4.69) is 38.4 Å². The monoisotopic (exact) mass is 311 g/mol. The lowest BCUT2D eigenvalue weighted by Crippen LogP contribution is -2.32. The van der Waals surface area contributed by atoms with E-state index in [1.54, 1.807) is 6.08 Å². The van der Waals surface area contributed by atoms with E-state index in [-0.39, 0.29) is 0 Å². The number of benzene rings is 1. The highest BCUT2D eigenvalue weighted by Crippen LogP contribution is 2.12. The minimum atomic E-state index is 0.485. The van der Waals surface area contributed by atoms with Gasteiger partial charge in [0.15, 0.2) is 5.11 Å². The zero-order chi connectivity index (χ0) is 12.7. The second-order valence-corrected chi connectivity index (χ2v) is 4.64. The lowest BCUT2D eigenvalue weighted by molar-refractivity contribution is 0.936. The Morgan fingerprint density at radius 2 is 2.35 bits per heavy atom. The highest BCUT2D eigenvalue weighted by molar-refractivity contribution is 9.10. The van der Waals surface area contributed by atoms with Crippen LogP contribution in [0.5, 0.6) is 0 Å². The zero-order valence-corrected chi connectivity index (χ0v) is 11.9. The summed E-state index contributed by atoms with van der Waals surface area (Å²) in [6.45, 7) is 6.14. The summed E-state index contributed by atoms with van der Waals surface area (Å²) in [7, 11) is 0. The maximum absolute atomic E-state index is 5.03. The smallest absolute Gasteiger partial charge is 0.187 e. The molecule has 2 N–H and O–H groups in total. The van der Waals surface area contributed by atoms with Gasteiger partial charge in [-0.3, -0.25) is 5.43 Å². The lowest BCUT2D eigenvalue weighted by Gasteiger charge is -2.06. The molecule has 0 aromatic heterocycles. The minimum absolute atomic E-state index is 0.485. The molecule has 0 saturated carbocycles. The van der Waals surface area contributed by atoms with Gasteiger partial charge in [-0.25, -0.2) is 0 Å². The molecule has 0 fully saturated rings. The maximum atomic E-state index is 5.03. The van der Waals surface area contributed by atoms with Gasteiger partial charge in [0.05, 0.1) is 5.71 Å². The third kappa shape index (κ3) is 5.10. The summed E-state index contributed by atoms with van der Waals surface area (Å²) in [5, 5.41) is 7.62. The van der Waals surface area contributed by atoms with Crippen LogP contribution in [-0.4, -0.2) is 17.4 Å². The lowest BCUT2D eigenvalue weighted by atomic mass is 10.1. The summed E-state index contributed by atoms with van der Waals surface area (Å²) < 4.78 is 1.02. The highest BCUT2D eigenvalue weighted by Gasteiger charge is 1.98. The first-order valence-corrected chi connectivity index (χ1v) is 6.28. The summed E-state index contributed by atoms with van der Waals surface area (Å²) in [5.41, 5.74) is 4.69. The number of nitrogens with one attached hydrogen (secondary N) is 2. The largest absolute Gasteiger partial charge is 0.358 e. The normalized spacial score (nSPS) is 10.8. The molecule has 5 heteroatoms. The third-order valence-electron chi connectivity index (χ3n) is 1.97. The predicted octanol–water partition coefficient (Wildman–Crippen LogP) is 2.82. The quantitative estimate of drug-likeness (QED) is 0.388.